The fraction of sp³-hybridized carbons (Fsp3) is 0.360. The number of carbonyl (C=O) groups excluding carboxylic acids is 2. The standard InChI is InChI=1S/C25H31N3O5S/c1-3-28(4-2)34(32,33)21-11-12-23(29)22(18-21)26-25(31)20-14-16-27(17-15-20)24(30)13-10-19-8-6-5-7-9-19/h5-13,18,20,29H,3-4,14-17H2,1-2H3,(H,26,31)/b13-10+. The summed E-state index contributed by atoms with van der Waals surface area (Å²) in [5.41, 5.74) is 0.998. The third-order valence-electron chi connectivity index (χ3n) is 5.96. The van der Waals surface area contributed by atoms with E-state index in [1.54, 1.807) is 24.8 Å². The number of aromatic hydroxyl groups is 1. The van der Waals surface area contributed by atoms with Crippen molar-refractivity contribution in [3.8, 4) is 5.75 Å². The van der Waals surface area contributed by atoms with E-state index in [-0.39, 0.29) is 34.1 Å². The molecule has 2 aromatic rings. The van der Waals surface area contributed by atoms with Gasteiger partial charge >= 0.3 is 0 Å². The molecule has 0 saturated carbocycles. The van der Waals surface area contributed by atoms with E-state index in [1.165, 1.54) is 28.6 Å². The molecule has 1 fully saturated rings. The fourth-order valence-corrected chi connectivity index (χ4v) is 5.41. The van der Waals surface area contributed by atoms with Gasteiger partial charge in [0.05, 0.1) is 10.6 Å². The lowest BCUT2D eigenvalue weighted by Crippen LogP contribution is -2.40. The Morgan fingerprint density at radius 1 is 1.09 bits per heavy atom. The Balaban J connectivity index is 1.61. The van der Waals surface area contributed by atoms with Gasteiger partial charge in [0.1, 0.15) is 5.75 Å². The number of nitrogens with one attached hydrogen (secondary N) is 1. The van der Waals surface area contributed by atoms with Crippen LogP contribution in [0.1, 0.15) is 32.3 Å². The second-order valence-corrected chi connectivity index (χ2v) is 10.0. The fourth-order valence-electron chi connectivity index (χ4n) is 3.92. The van der Waals surface area contributed by atoms with Gasteiger partial charge in [-0.25, -0.2) is 8.42 Å². The van der Waals surface area contributed by atoms with Crippen LogP contribution in [0, 0.1) is 5.92 Å². The Hall–Kier alpha value is -3.17. The lowest BCUT2D eigenvalue weighted by molar-refractivity contribution is -0.130. The molecular weight excluding hydrogens is 454 g/mol. The molecule has 1 aliphatic heterocycles. The quantitative estimate of drug-likeness (QED) is 0.441. The third-order valence-corrected chi connectivity index (χ3v) is 8.01. The van der Waals surface area contributed by atoms with E-state index >= 15 is 0 Å². The molecule has 34 heavy (non-hydrogen) atoms. The summed E-state index contributed by atoms with van der Waals surface area (Å²) in [6, 6.07) is 13.4. The number of likely N-dealkylation sites (tertiary alicyclic amines) is 1. The number of amides is 2. The van der Waals surface area contributed by atoms with Crippen LogP contribution >= 0.6 is 0 Å². The molecule has 0 bridgehead atoms. The van der Waals surface area contributed by atoms with Crippen molar-refractivity contribution < 1.29 is 23.1 Å². The van der Waals surface area contributed by atoms with Gasteiger partial charge < -0.3 is 15.3 Å². The summed E-state index contributed by atoms with van der Waals surface area (Å²) in [7, 11) is -3.72. The first-order valence-electron chi connectivity index (χ1n) is 11.4. The van der Waals surface area contributed by atoms with Crippen LogP contribution in [0.2, 0.25) is 0 Å². The molecule has 0 spiro atoms. The van der Waals surface area contributed by atoms with Gasteiger partial charge in [0.2, 0.25) is 21.8 Å². The van der Waals surface area contributed by atoms with E-state index in [4.69, 9.17) is 0 Å². The van der Waals surface area contributed by atoms with Crippen LogP contribution in [0.25, 0.3) is 6.08 Å². The van der Waals surface area contributed by atoms with Crippen LogP contribution in [0.5, 0.6) is 5.75 Å². The predicted molar refractivity (Wildman–Crippen MR) is 132 cm³/mol. The lowest BCUT2D eigenvalue weighted by Gasteiger charge is -2.30. The highest BCUT2D eigenvalue weighted by molar-refractivity contribution is 7.89. The minimum atomic E-state index is -3.72. The van der Waals surface area contributed by atoms with Gasteiger partial charge in [-0.05, 0) is 42.7 Å². The van der Waals surface area contributed by atoms with Gasteiger partial charge in [-0.2, -0.15) is 4.31 Å². The zero-order valence-electron chi connectivity index (χ0n) is 19.5. The van der Waals surface area contributed by atoms with Gasteiger partial charge in [-0.15, -0.1) is 0 Å². The number of sulfonamides is 1. The third kappa shape index (κ3) is 6.03. The SMILES string of the molecule is CCN(CC)S(=O)(=O)c1ccc(O)c(NC(=O)C2CCN(C(=O)/C=C/c3ccccc3)CC2)c1. The highest BCUT2D eigenvalue weighted by Crippen LogP contribution is 2.29. The van der Waals surface area contributed by atoms with E-state index in [9.17, 15) is 23.1 Å². The van der Waals surface area contributed by atoms with E-state index < -0.39 is 10.0 Å². The largest absolute Gasteiger partial charge is 0.506 e. The Bertz CT molecular complexity index is 1140. The lowest BCUT2D eigenvalue weighted by atomic mass is 9.95. The molecule has 0 aromatic heterocycles. The Morgan fingerprint density at radius 3 is 2.35 bits per heavy atom. The van der Waals surface area contributed by atoms with Crippen molar-refractivity contribution in [3.63, 3.8) is 0 Å². The minimum absolute atomic E-state index is 0.00918. The highest BCUT2D eigenvalue weighted by atomic mass is 32.2. The van der Waals surface area contributed by atoms with Crippen molar-refractivity contribution in [1.82, 2.24) is 9.21 Å². The van der Waals surface area contributed by atoms with Gasteiger partial charge in [-0.1, -0.05) is 44.2 Å². The van der Waals surface area contributed by atoms with E-state index in [0.717, 1.165) is 5.56 Å². The van der Waals surface area contributed by atoms with E-state index in [2.05, 4.69) is 5.32 Å². The first-order chi connectivity index (χ1) is 16.3. The highest BCUT2D eigenvalue weighted by Gasteiger charge is 2.28. The maximum Gasteiger partial charge on any atom is 0.246 e. The number of hydrogen-bond acceptors (Lipinski definition) is 5. The average Bonchev–Trinajstić information content (AvgIpc) is 2.85. The molecule has 3 rings (SSSR count). The molecule has 182 valence electrons. The molecule has 2 aromatic carbocycles. The van der Waals surface area contributed by atoms with Crippen molar-refractivity contribution in [2.24, 2.45) is 5.92 Å². The summed E-state index contributed by atoms with van der Waals surface area (Å²) >= 11 is 0. The summed E-state index contributed by atoms with van der Waals surface area (Å²) in [5, 5.41) is 12.9. The number of nitrogens with zero attached hydrogens (tertiary/aromatic N) is 2. The Morgan fingerprint density at radius 2 is 1.74 bits per heavy atom. The second-order valence-electron chi connectivity index (χ2n) is 8.10. The number of anilines is 1. The normalized spacial score (nSPS) is 15.1. The van der Waals surface area contributed by atoms with Crippen LogP contribution in [-0.4, -0.2) is 60.7 Å². The second kappa shape index (κ2) is 11.3. The summed E-state index contributed by atoms with van der Waals surface area (Å²) in [5.74, 6) is -0.954. The van der Waals surface area contributed by atoms with Gasteiger partial charge in [0.25, 0.3) is 0 Å². The number of hydrogen-bond donors (Lipinski definition) is 2. The summed E-state index contributed by atoms with van der Waals surface area (Å²) in [6.45, 7) is 5.02. The molecule has 1 heterocycles. The Labute approximate surface area is 200 Å². The predicted octanol–water partition coefficient (Wildman–Crippen LogP) is 3.31. The molecule has 0 unspecified atom stereocenters. The van der Waals surface area contributed by atoms with Crippen LogP contribution in [-0.2, 0) is 19.6 Å². The van der Waals surface area contributed by atoms with Crippen LogP contribution in [0.15, 0.2) is 59.5 Å². The zero-order valence-corrected chi connectivity index (χ0v) is 20.3. The van der Waals surface area contributed by atoms with Crippen LogP contribution in [0.3, 0.4) is 0 Å². The molecule has 0 aliphatic carbocycles. The molecule has 8 nitrogen and oxygen atoms in total. The molecule has 1 aliphatic rings. The van der Waals surface area contributed by atoms with Gasteiger partial charge in [-0.3, -0.25) is 9.59 Å². The molecule has 9 heteroatoms. The maximum absolute atomic E-state index is 12.8. The van der Waals surface area contributed by atoms with Crippen molar-refractivity contribution in [2.45, 2.75) is 31.6 Å². The van der Waals surface area contributed by atoms with E-state index in [0.29, 0.717) is 39.0 Å². The number of phenols is 1. The first kappa shape index (κ1) is 25.5. The Kier molecular flexibility index (Phi) is 8.46. The minimum Gasteiger partial charge on any atom is -0.506 e. The first-order valence-corrected chi connectivity index (χ1v) is 12.9. The number of carbonyl (C=O) groups is 2. The van der Waals surface area contributed by atoms with Crippen LogP contribution < -0.4 is 5.32 Å². The monoisotopic (exact) mass is 485 g/mol. The molecule has 2 amide bonds. The van der Waals surface area contributed by atoms with Crippen molar-refractivity contribution in [3.05, 3.63) is 60.2 Å². The topological polar surface area (TPSA) is 107 Å². The molecule has 0 radical (unpaired) electrons. The number of benzene rings is 2. The molecule has 2 N–H and O–H groups in total. The number of phenolic OH excluding ortho intramolecular Hbond substituents is 1. The summed E-state index contributed by atoms with van der Waals surface area (Å²) in [4.78, 5) is 27.0. The van der Waals surface area contributed by atoms with Crippen LogP contribution in [0.4, 0.5) is 5.69 Å². The van der Waals surface area contributed by atoms with Crippen molar-refractivity contribution in [2.75, 3.05) is 31.5 Å². The summed E-state index contributed by atoms with van der Waals surface area (Å²) < 4.78 is 26.9. The van der Waals surface area contributed by atoms with Crippen molar-refractivity contribution in [1.29, 1.82) is 0 Å². The summed E-state index contributed by atoms with van der Waals surface area (Å²) in [6.07, 6.45) is 4.27. The van der Waals surface area contributed by atoms with Crippen molar-refractivity contribution >= 4 is 33.6 Å². The number of piperidine rings is 1. The maximum atomic E-state index is 12.8. The molecule has 0 atom stereocenters. The smallest absolute Gasteiger partial charge is 0.246 e. The molecular formula is C25H31N3O5S. The van der Waals surface area contributed by atoms with E-state index in [1.807, 2.05) is 30.3 Å². The average molecular weight is 486 g/mol. The molecule has 1 saturated heterocycles. The van der Waals surface area contributed by atoms with Gasteiger partial charge in [0.15, 0.2) is 0 Å². The van der Waals surface area contributed by atoms with Gasteiger partial charge in [0, 0.05) is 38.2 Å². The number of rotatable bonds is 8. The zero-order chi connectivity index (χ0) is 24.7.